The molecule has 1 aromatic heterocycles. The van der Waals surface area contributed by atoms with E-state index in [0.29, 0.717) is 0 Å². The third kappa shape index (κ3) is 4.04. The molecule has 0 N–H and O–H groups in total. The zero-order valence-electron chi connectivity index (χ0n) is 16.3. The number of hydrogen-bond donors (Lipinski definition) is 0. The molecule has 0 unspecified atom stereocenters. The second kappa shape index (κ2) is 7.75. The molecule has 0 aliphatic carbocycles. The largest absolute Gasteiger partial charge is 0.494 e. The van der Waals surface area contributed by atoms with Crippen LogP contribution in [0, 0.1) is 5.82 Å². The fourth-order valence-electron chi connectivity index (χ4n) is 3.14. The lowest BCUT2D eigenvalue weighted by Crippen LogP contribution is -2.15. The minimum absolute atomic E-state index is 0.0225. The van der Waals surface area contributed by atoms with Crippen molar-refractivity contribution in [3.63, 3.8) is 0 Å². The van der Waals surface area contributed by atoms with E-state index in [1.165, 1.54) is 50.4 Å². The molecule has 0 fully saturated rings. The van der Waals surface area contributed by atoms with E-state index in [9.17, 15) is 26.0 Å². The van der Waals surface area contributed by atoms with Gasteiger partial charge in [0.05, 0.1) is 12.0 Å². The number of halogens is 4. The number of aryl methyl sites for hydroxylation is 1. The molecule has 160 valence electrons. The highest BCUT2D eigenvalue weighted by molar-refractivity contribution is 7.90. The van der Waals surface area contributed by atoms with Crippen molar-refractivity contribution >= 4 is 9.84 Å². The lowest BCUT2D eigenvalue weighted by atomic mass is 9.98. The molecule has 0 radical (unpaired) electrons. The highest BCUT2D eigenvalue weighted by atomic mass is 32.2. The average molecular weight is 442 g/mol. The standard InChI is InChI=1S/C20H18F4N2O3S/c1-4-26-19(20(22,23)24)17(13-7-10-16(29-2)15(21)11-13)18(25-26)12-5-8-14(9-6-12)30(3,27)28/h5-11H,4H2,1-3H3. The van der Waals surface area contributed by atoms with Crippen molar-refractivity contribution in [3.05, 3.63) is 54.0 Å². The summed E-state index contributed by atoms with van der Waals surface area (Å²) in [5.41, 5.74) is -1.10. The number of aromatic nitrogens is 2. The Morgan fingerprint density at radius 1 is 1.07 bits per heavy atom. The van der Waals surface area contributed by atoms with Gasteiger partial charge in [-0.25, -0.2) is 12.8 Å². The average Bonchev–Trinajstić information content (AvgIpc) is 3.07. The Hall–Kier alpha value is -2.88. The Bertz CT molecular complexity index is 1180. The summed E-state index contributed by atoms with van der Waals surface area (Å²) in [6, 6.07) is 8.86. The van der Waals surface area contributed by atoms with Gasteiger partial charge in [0.2, 0.25) is 0 Å². The zero-order valence-corrected chi connectivity index (χ0v) is 17.1. The van der Waals surface area contributed by atoms with E-state index in [4.69, 9.17) is 4.74 Å². The molecule has 0 aliphatic rings. The molecule has 0 atom stereocenters. The van der Waals surface area contributed by atoms with Gasteiger partial charge in [-0.2, -0.15) is 18.3 Å². The summed E-state index contributed by atoms with van der Waals surface area (Å²) >= 11 is 0. The van der Waals surface area contributed by atoms with Crippen LogP contribution in [0.3, 0.4) is 0 Å². The Morgan fingerprint density at radius 2 is 1.67 bits per heavy atom. The van der Waals surface area contributed by atoms with E-state index < -0.39 is 27.5 Å². The summed E-state index contributed by atoms with van der Waals surface area (Å²) in [4.78, 5) is 0.0225. The molecule has 2 aromatic carbocycles. The van der Waals surface area contributed by atoms with E-state index in [2.05, 4.69) is 5.10 Å². The van der Waals surface area contributed by atoms with Gasteiger partial charge in [0.25, 0.3) is 0 Å². The maximum Gasteiger partial charge on any atom is 0.433 e. The van der Waals surface area contributed by atoms with Crippen molar-refractivity contribution in [2.24, 2.45) is 0 Å². The van der Waals surface area contributed by atoms with E-state index in [0.717, 1.165) is 17.0 Å². The molecule has 0 aliphatic heterocycles. The quantitative estimate of drug-likeness (QED) is 0.533. The molecule has 3 rings (SSSR count). The highest BCUT2D eigenvalue weighted by Crippen LogP contribution is 2.43. The van der Waals surface area contributed by atoms with Gasteiger partial charge in [-0.15, -0.1) is 0 Å². The molecule has 0 saturated heterocycles. The Morgan fingerprint density at radius 3 is 2.13 bits per heavy atom. The van der Waals surface area contributed by atoms with Gasteiger partial charge in [0.1, 0.15) is 5.69 Å². The number of nitrogens with zero attached hydrogens (tertiary/aromatic N) is 2. The van der Waals surface area contributed by atoms with Gasteiger partial charge < -0.3 is 4.74 Å². The summed E-state index contributed by atoms with van der Waals surface area (Å²) in [5, 5.41) is 4.10. The van der Waals surface area contributed by atoms with Crippen LogP contribution < -0.4 is 4.74 Å². The van der Waals surface area contributed by atoms with Gasteiger partial charge in [0, 0.05) is 23.9 Å². The minimum atomic E-state index is -4.75. The molecule has 5 nitrogen and oxygen atoms in total. The molecule has 0 amide bonds. The van der Waals surface area contributed by atoms with Crippen LogP contribution >= 0.6 is 0 Å². The number of benzene rings is 2. The van der Waals surface area contributed by atoms with Gasteiger partial charge in [-0.05, 0) is 36.8 Å². The van der Waals surface area contributed by atoms with Gasteiger partial charge in [-0.1, -0.05) is 18.2 Å². The number of sulfone groups is 1. The normalized spacial score (nSPS) is 12.2. The maximum atomic E-state index is 14.3. The predicted octanol–water partition coefficient (Wildman–Crippen LogP) is 4.81. The first kappa shape index (κ1) is 21.8. The smallest absolute Gasteiger partial charge is 0.433 e. The molecule has 0 bridgehead atoms. The molecule has 3 aromatic rings. The van der Waals surface area contributed by atoms with Crippen LogP contribution in [-0.2, 0) is 22.6 Å². The van der Waals surface area contributed by atoms with Crippen LogP contribution in [0.15, 0.2) is 47.4 Å². The molecular weight excluding hydrogens is 424 g/mol. The fraction of sp³-hybridized carbons (Fsp3) is 0.250. The summed E-state index contributed by atoms with van der Waals surface area (Å²) in [5.74, 6) is -0.917. The first-order valence-electron chi connectivity index (χ1n) is 8.79. The van der Waals surface area contributed by atoms with Crippen LogP contribution in [-0.4, -0.2) is 31.6 Å². The minimum Gasteiger partial charge on any atom is -0.494 e. The highest BCUT2D eigenvalue weighted by Gasteiger charge is 2.40. The Labute approximate surface area is 170 Å². The van der Waals surface area contributed by atoms with Crippen LogP contribution in [0.25, 0.3) is 22.4 Å². The second-order valence-corrected chi connectivity index (χ2v) is 8.55. The SMILES string of the molecule is CCn1nc(-c2ccc(S(C)(=O)=O)cc2)c(-c2ccc(OC)c(F)c2)c1C(F)(F)F. The first-order chi connectivity index (χ1) is 14.0. The van der Waals surface area contributed by atoms with Crippen molar-refractivity contribution in [1.82, 2.24) is 9.78 Å². The summed E-state index contributed by atoms with van der Waals surface area (Å²) in [6.07, 6.45) is -3.72. The van der Waals surface area contributed by atoms with E-state index in [1.807, 2.05) is 0 Å². The second-order valence-electron chi connectivity index (χ2n) is 6.53. The number of rotatable bonds is 5. The number of hydrogen-bond acceptors (Lipinski definition) is 4. The number of alkyl halides is 3. The molecular formula is C20H18F4N2O3S. The van der Waals surface area contributed by atoms with Crippen molar-refractivity contribution in [3.8, 4) is 28.1 Å². The van der Waals surface area contributed by atoms with Crippen LogP contribution in [0.2, 0.25) is 0 Å². The topological polar surface area (TPSA) is 61.2 Å². The van der Waals surface area contributed by atoms with Gasteiger partial charge in [-0.3, -0.25) is 4.68 Å². The van der Waals surface area contributed by atoms with E-state index >= 15 is 0 Å². The molecule has 10 heteroatoms. The monoisotopic (exact) mass is 442 g/mol. The van der Waals surface area contributed by atoms with E-state index in [-0.39, 0.29) is 39.6 Å². The molecule has 0 saturated carbocycles. The summed E-state index contributed by atoms with van der Waals surface area (Å²) in [6.45, 7) is 1.44. The number of ether oxygens (including phenoxy) is 1. The van der Waals surface area contributed by atoms with Gasteiger partial charge in [0.15, 0.2) is 27.1 Å². The van der Waals surface area contributed by atoms with Crippen molar-refractivity contribution < 1.29 is 30.7 Å². The van der Waals surface area contributed by atoms with Crippen LogP contribution in [0.5, 0.6) is 5.75 Å². The summed E-state index contributed by atoms with van der Waals surface area (Å²) in [7, 11) is -2.22. The third-order valence-electron chi connectivity index (χ3n) is 4.52. The molecule has 1 heterocycles. The number of methoxy groups -OCH3 is 1. The van der Waals surface area contributed by atoms with Crippen molar-refractivity contribution in [2.45, 2.75) is 24.5 Å². The Balaban J connectivity index is 2.31. The third-order valence-corrected chi connectivity index (χ3v) is 5.65. The predicted molar refractivity (Wildman–Crippen MR) is 103 cm³/mol. The van der Waals surface area contributed by atoms with Crippen LogP contribution in [0.4, 0.5) is 17.6 Å². The van der Waals surface area contributed by atoms with Crippen molar-refractivity contribution in [1.29, 1.82) is 0 Å². The zero-order chi connectivity index (χ0) is 22.3. The van der Waals surface area contributed by atoms with E-state index in [1.54, 1.807) is 0 Å². The first-order valence-corrected chi connectivity index (χ1v) is 10.7. The lowest BCUT2D eigenvalue weighted by molar-refractivity contribution is -0.143. The van der Waals surface area contributed by atoms with Crippen LogP contribution in [0.1, 0.15) is 12.6 Å². The summed E-state index contributed by atoms with van der Waals surface area (Å²) < 4.78 is 85.0. The maximum absolute atomic E-state index is 14.3. The molecule has 0 spiro atoms. The lowest BCUT2D eigenvalue weighted by Gasteiger charge is -2.13. The molecule has 30 heavy (non-hydrogen) atoms. The Kier molecular flexibility index (Phi) is 5.64. The van der Waals surface area contributed by atoms with Crippen molar-refractivity contribution in [2.75, 3.05) is 13.4 Å². The van der Waals surface area contributed by atoms with Gasteiger partial charge >= 0.3 is 6.18 Å². The fourth-order valence-corrected chi connectivity index (χ4v) is 3.77.